The molecule has 0 saturated heterocycles. The van der Waals surface area contributed by atoms with Gasteiger partial charge in [0.1, 0.15) is 10.8 Å². The van der Waals surface area contributed by atoms with E-state index in [0.717, 1.165) is 37.7 Å². The fourth-order valence-corrected chi connectivity index (χ4v) is 5.15. The minimum absolute atomic E-state index is 0.208. The first-order valence-corrected chi connectivity index (χ1v) is 11.5. The minimum atomic E-state index is -0.213. The van der Waals surface area contributed by atoms with Crippen LogP contribution in [0.3, 0.4) is 0 Å². The summed E-state index contributed by atoms with van der Waals surface area (Å²) in [4.78, 5) is 27.5. The Balaban J connectivity index is 1.67. The van der Waals surface area contributed by atoms with E-state index in [4.69, 9.17) is 4.74 Å². The molecule has 0 aliphatic heterocycles. The van der Waals surface area contributed by atoms with Crippen molar-refractivity contribution in [2.45, 2.75) is 39.0 Å². The molecule has 0 saturated carbocycles. The number of ether oxygens (including phenoxy) is 1. The molecule has 1 aromatic heterocycles. The van der Waals surface area contributed by atoms with Crippen LogP contribution in [0.4, 0.5) is 10.7 Å². The Hall–Kier alpha value is -3.12. The average Bonchev–Trinajstić information content (AvgIpc) is 2.96. The summed E-state index contributed by atoms with van der Waals surface area (Å²) in [5.74, 6) is 0.213. The molecular formula is C25H26N2O3S. The van der Waals surface area contributed by atoms with Gasteiger partial charge in [0.25, 0.3) is 11.8 Å². The second kappa shape index (κ2) is 9.79. The molecule has 2 N–H and O–H groups in total. The monoisotopic (exact) mass is 434 g/mol. The predicted molar refractivity (Wildman–Crippen MR) is 126 cm³/mol. The number of rotatable bonds is 6. The number of hydrogen-bond acceptors (Lipinski definition) is 4. The van der Waals surface area contributed by atoms with Crippen molar-refractivity contribution in [1.82, 2.24) is 0 Å². The van der Waals surface area contributed by atoms with Gasteiger partial charge in [0.2, 0.25) is 0 Å². The predicted octanol–water partition coefficient (Wildman–Crippen LogP) is 5.92. The number of carbonyl (C=O) groups excluding carboxylic acids is 2. The van der Waals surface area contributed by atoms with Crippen LogP contribution in [0.15, 0.2) is 54.6 Å². The fraction of sp³-hybridized carbons (Fsp3) is 0.280. The topological polar surface area (TPSA) is 67.4 Å². The zero-order chi connectivity index (χ0) is 21.6. The molecule has 3 aromatic rings. The van der Waals surface area contributed by atoms with Gasteiger partial charge >= 0.3 is 0 Å². The van der Waals surface area contributed by atoms with Crippen molar-refractivity contribution < 1.29 is 14.3 Å². The first-order chi connectivity index (χ1) is 15.2. The molecule has 2 amide bonds. The van der Waals surface area contributed by atoms with E-state index in [1.165, 1.54) is 16.2 Å². The maximum atomic E-state index is 13.4. The lowest BCUT2D eigenvalue weighted by Gasteiger charge is -2.13. The highest BCUT2D eigenvalue weighted by atomic mass is 32.1. The van der Waals surface area contributed by atoms with Gasteiger partial charge in [0.15, 0.2) is 0 Å². The molecule has 0 bridgehead atoms. The van der Waals surface area contributed by atoms with E-state index in [2.05, 4.69) is 10.6 Å². The van der Waals surface area contributed by atoms with Crippen LogP contribution in [0.25, 0.3) is 0 Å². The van der Waals surface area contributed by atoms with E-state index in [1.807, 2.05) is 49.4 Å². The van der Waals surface area contributed by atoms with E-state index in [0.29, 0.717) is 34.2 Å². The third-order valence-electron chi connectivity index (χ3n) is 5.35. The van der Waals surface area contributed by atoms with E-state index in [-0.39, 0.29) is 11.8 Å². The quantitative estimate of drug-likeness (QED) is 0.473. The lowest BCUT2D eigenvalue weighted by molar-refractivity contribution is 0.102. The number of hydrogen-bond donors (Lipinski definition) is 2. The number of carbonyl (C=O) groups is 2. The summed E-state index contributed by atoms with van der Waals surface area (Å²) in [6.45, 7) is 2.42. The van der Waals surface area contributed by atoms with E-state index in [1.54, 1.807) is 12.1 Å². The van der Waals surface area contributed by atoms with Crippen molar-refractivity contribution in [3.05, 3.63) is 76.2 Å². The number of amides is 2. The smallest absolute Gasteiger partial charge is 0.259 e. The zero-order valence-electron chi connectivity index (χ0n) is 17.6. The number of benzene rings is 2. The van der Waals surface area contributed by atoms with Gasteiger partial charge < -0.3 is 15.4 Å². The van der Waals surface area contributed by atoms with Crippen molar-refractivity contribution in [2.75, 3.05) is 17.2 Å². The number of thiophene rings is 1. The van der Waals surface area contributed by atoms with Gasteiger partial charge in [-0.2, -0.15) is 0 Å². The standard InChI is InChI=1S/C25H26N2O3S/c1-2-30-20-15-10-9-14-19(20)26-24(29)22-18-13-7-4-8-16-21(18)31-25(22)27-23(28)17-11-5-3-6-12-17/h3,5-6,9-12,14-15H,2,4,7-8,13,16H2,1H3,(H,26,29)(H,27,28). The summed E-state index contributed by atoms with van der Waals surface area (Å²) in [6.07, 6.45) is 5.10. The van der Waals surface area contributed by atoms with Crippen LogP contribution in [-0.4, -0.2) is 18.4 Å². The molecule has 1 aliphatic carbocycles. The molecular weight excluding hydrogens is 408 g/mol. The summed E-state index contributed by atoms with van der Waals surface area (Å²) >= 11 is 1.53. The van der Waals surface area contributed by atoms with Crippen molar-refractivity contribution in [2.24, 2.45) is 0 Å². The van der Waals surface area contributed by atoms with E-state index >= 15 is 0 Å². The molecule has 160 valence electrons. The SMILES string of the molecule is CCOc1ccccc1NC(=O)c1c(NC(=O)c2ccccc2)sc2c1CCCCC2. The maximum absolute atomic E-state index is 13.4. The molecule has 0 fully saturated rings. The van der Waals surface area contributed by atoms with Gasteiger partial charge in [-0.15, -0.1) is 11.3 Å². The van der Waals surface area contributed by atoms with Gasteiger partial charge in [-0.3, -0.25) is 9.59 Å². The van der Waals surface area contributed by atoms with Crippen LogP contribution < -0.4 is 15.4 Å². The number of nitrogens with one attached hydrogen (secondary N) is 2. The molecule has 1 heterocycles. The average molecular weight is 435 g/mol. The Bertz CT molecular complexity index is 1080. The third-order valence-corrected chi connectivity index (χ3v) is 6.55. The second-order valence-corrected chi connectivity index (χ2v) is 8.58. The summed E-state index contributed by atoms with van der Waals surface area (Å²) in [5.41, 5.74) is 2.84. The highest BCUT2D eigenvalue weighted by molar-refractivity contribution is 7.17. The number of fused-ring (bicyclic) bond motifs is 1. The molecule has 1 aliphatic rings. The first kappa shape index (κ1) is 21.1. The minimum Gasteiger partial charge on any atom is -0.492 e. The van der Waals surface area contributed by atoms with E-state index < -0.39 is 0 Å². The molecule has 0 spiro atoms. The Labute approximate surface area is 186 Å². The largest absolute Gasteiger partial charge is 0.492 e. The molecule has 31 heavy (non-hydrogen) atoms. The number of anilines is 2. The van der Waals surface area contributed by atoms with Gasteiger partial charge in [0.05, 0.1) is 17.9 Å². The Morgan fingerprint density at radius 2 is 1.65 bits per heavy atom. The lowest BCUT2D eigenvalue weighted by atomic mass is 10.0. The van der Waals surface area contributed by atoms with Gasteiger partial charge in [-0.25, -0.2) is 0 Å². The Morgan fingerprint density at radius 1 is 0.903 bits per heavy atom. The fourth-order valence-electron chi connectivity index (χ4n) is 3.87. The maximum Gasteiger partial charge on any atom is 0.259 e. The van der Waals surface area contributed by atoms with Crippen LogP contribution in [-0.2, 0) is 12.8 Å². The Kier molecular flexibility index (Phi) is 6.67. The van der Waals surface area contributed by atoms with Crippen LogP contribution in [0, 0.1) is 0 Å². The second-order valence-electron chi connectivity index (χ2n) is 7.47. The van der Waals surface area contributed by atoms with Gasteiger partial charge in [-0.05, 0) is 62.4 Å². The van der Waals surface area contributed by atoms with Crippen molar-refractivity contribution in [1.29, 1.82) is 0 Å². The van der Waals surface area contributed by atoms with Crippen LogP contribution >= 0.6 is 11.3 Å². The van der Waals surface area contributed by atoms with Crippen molar-refractivity contribution >= 4 is 33.8 Å². The van der Waals surface area contributed by atoms with Crippen LogP contribution in [0.2, 0.25) is 0 Å². The molecule has 0 atom stereocenters. The normalized spacial score (nSPS) is 13.1. The summed E-state index contributed by atoms with van der Waals surface area (Å²) < 4.78 is 5.66. The lowest BCUT2D eigenvalue weighted by Crippen LogP contribution is -2.18. The zero-order valence-corrected chi connectivity index (χ0v) is 18.4. The van der Waals surface area contributed by atoms with Gasteiger partial charge in [0, 0.05) is 10.4 Å². The molecule has 5 nitrogen and oxygen atoms in total. The van der Waals surface area contributed by atoms with Crippen LogP contribution in [0.1, 0.15) is 57.3 Å². The molecule has 4 rings (SSSR count). The van der Waals surface area contributed by atoms with Crippen molar-refractivity contribution in [3.63, 3.8) is 0 Å². The highest BCUT2D eigenvalue weighted by Gasteiger charge is 2.26. The van der Waals surface area contributed by atoms with E-state index in [9.17, 15) is 9.59 Å². The summed E-state index contributed by atoms with van der Waals surface area (Å²) in [5, 5.41) is 6.63. The number of para-hydroxylation sites is 2. The Morgan fingerprint density at radius 3 is 2.45 bits per heavy atom. The molecule has 0 radical (unpaired) electrons. The summed E-state index contributed by atoms with van der Waals surface area (Å²) in [7, 11) is 0. The first-order valence-electron chi connectivity index (χ1n) is 10.7. The highest BCUT2D eigenvalue weighted by Crippen LogP contribution is 2.38. The van der Waals surface area contributed by atoms with Gasteiger partial charge in [-0.1, -0.05) is 36.8 Å². The third kappa shape index (κ3) is 4.80. The molecule has 2 aromatic carbocycles. The van der Waals surface area contributed by atoms with Crippen LogP contribution in [0.5, 0.6) is 5.75 Å². The van der Waals surface area contributed by atoms with Crippen molar-refractivity contribution in [3.8, 4) is 5.75 Å². The number of aryl methyl sites for hydroxylation is 1. The summed E-state index contributed by atoms with van der Waals surface area (Å²) in [6, 6.07) is 16.5. The molecule has 0 unspecified atom stereocenters. The molecule has 6 heteroatoms.